The van der Waals surface area contributed by atoms with Crippen LogP contribution in [0.2, 0.25) is 0 Å². The second-order valence-corrected chi connectivity index (χ2v) is 7.14. The Kier molecular flexibility index (Phi) is 4.84. The first-order chi connectivity index (χ1) is 12.3. The number of nitrogens with zero attached hydrogens (tertiary/aromatic N) is 6. The van der Waals surface area contributed by atoms with Crippen molar-refractivity contribution in [3.63, 3.8) is 0 Å². The maximum absolute atomic E-state index is 13.0. The highest BCUT2D eigenvalue weighted by atomic mass is 16.2. The fourth-order valence-corrected chi connectivity index (χ4v) is 3.12. The molecule has 0 saturated heterocycles. The zero-order chi connectivity index (χ0) is 19.0. The van der Waals surface area contributed by atoms with E-state index in [1.807, 2.05) is 29.5 Å². The lowest BCUT2D eigenvalue weighted by molar-refractivity contribution is 0.565. The van der Waals surface area contributed by atoms with Gasteiger partial charge in [-0.15, -0.1) is 0 Å². The normalized spacial score (nSPS) is 14.5. The van der Waals surface area contributed by atoms with Crippen molar-refractivity contribution in [1.82, 2.24) is 18.7 Å². The number of allylic oxidation sites excluding steroid dienone is 2. The lowest BCUT2D eigenvalue weighted by Gasteiger charge is -2.25. The Hall–Kier alpha value is -2.64. The number of hydrogen-bond donors (Lipinski definition) is 0. The van der Waals surface area contributed by atoms with Crippen LogP contribution in [0.15, 0.2) is 26.8 Å². The van der Waals surface area contributed by atoms with Crippen LogP contribution in [0, 0.1) is 5.92 Å². The first-order valence-corrected chi connectivity index (χ1v) is 8.98. The quantitative estimate of drug-likeness (QED) is 0.763. The summed E-state index contributed by atoms with van der Waals surface area (Å²) in [5.41, 5.74) is 1.11. The summed E-state index contributed by atoms with van der Waals surface area (Å²) in [6.07, 6.45) is 4.58. The Morgan fingerprint density at radius 2 is 2.00 bits per heavy atom. The van der Waals surface area contributed by atoms with E-state index in [1.54, 1.807) is 13.1 Å². The average Bonchev–Trinajstić information content (AvgIpc) is 2.97. The van der Waals surface area contributed by atoms with Crippen LogP contribution in [0.4, 0.5) is 5.95 Å². The molecule has 3 heterocycles. The van der Waals surface area contributed by atoms with Crippen LogP contribution in [0.25, 0.3) is 11.2 Å². The van der Waals surface area contributed by atoms with Crippen molar-refractivity contribution in [2.24, 2.45) is 18.1 Å². The highest BCUT2D eigenvalue weighted by Crippen LogP contribution is 2.24. The van der Waals surface area contributed by atoms with Crippen LogP contribution < -0.4 is 16.3 Å². The van der Waals surface area contributed by atoms with Gasteiger partial charge in [0.1, 0.15) is 0 Å². The molecule has 0 spiro atoms. The number of fused-ring (bicyclic) bond motifs is 3. The van der Waals surface area contributed by atoms with Gasteiger partial charge < -0.3 is 0 Å². The third-order valence-electron chi connectivity index (χ3n) is 4.56. The third-order valence-corrected chi connectivity index (χ3v) is 4.56. The summed E-state index contributed by atoms with van der Waals surface area (Å²) >= 11 is 0. The highest BCUT2D eigenvalue weighted by Gasteiger charge is 2.26. The number of hydrazone groups is 1. The van der Waals surface area contributed by atoms with E-state index in [9.17, 15) is 9.59 Å². The number of aryl methyl sites for hydroxylation is 1. The molecule has 0 saturated carbocycles. The van der Waals surface area contributed by atoms with Gasteiger partial charge in [-0.1, -0.05) is 26.0 Å². The summed E-state index contributed by atoms with van der Waals surface area (Å²) in [7, 11) is 1.65. The molecule has 0 aliphatic carbocycles. The summed E-state index contributed by atoms with van der Waals surface area (Å²) in [4.78, 5) is 30.2. The summed E-state index contributed by atoms with van der Waals surface area (Å²) in [6, 6.07) is 0. The Morgan fingerprint density at radius 1 is 1.27 bits per heavy atom. The maximum atomic E-state index is 13.0. The lowest BCUT2D eigenvalue weighted by atomic mass is 10.1. The number of rotatable bonds is 5. The molecule has 2 aromatic rings. The molecule has 8 heteroatoms. The van der Waals surface area contributed by atoms with E-state index in [1.165, 1.54) is 9.13 Å². The molecule has 8 nitrogen and oxygen atoms in total. The maximum Gasteiger partial charge on any atom is 0.332 e. The fourth-order valence-electron chi connectivity index (χ4n) is 3.12. The Labute approximate surface area is 152 Å². The minimum Gasteiger partial charge on any atom is -0.297 e. The van der Waals surface area contributed by atoms with E-state index in [0.29, 0.717) is 29.6 Å². The highest BCUT2D eigenvalue weighted by molar-refractivity contribution is 5.87. The van der Waals surface area contributed by atoms with Gasteiger partial charge in [0.25, 0.3) is 5.56 Å². The summed E-state index contributed by atoms with van der Waals surface area (Å²) in [5, 5.41) is 6.45. The molecule has 0 N–H and O–H groups in total. The lowest BCUT2D eigenvalue weighted by Crippen LogP contribution is -2.39. The smallest absolute Gasteiger partial charge is 0.297 e. The minimum atomic E-state index is -0.359. The molecule has 26 heavy (non-hydrogen) atoms. The van der Waals surface area contributed by atoms with Crippen LogP contribution in [-0.2, 0) is 20.1 Å². The summed E-state index contributed by atoms with van der Waals surface area (Å²) in [5.74, 6) is 1.16. The zero-order valence-corrected chi connectivity index (χ0v) is 16.1. The van der Waals surface area contributed by atoms with E-state index in [-0.39, 0.29) is 17.8 Å². The molecule has 1 aliphatic rings. The van der Waals surface area contributed by atoms with Crippen molar-refractivity contribution < 1.29 is 0 Å². The van der Waals surface area contributed by atoms with Crippen molar-refractivity contribution in [3.8, 4) is 0 Å². The molecule has 0 amide bonds. The second-order valence-electron chi connectivity index (χ2n) is 7.14. The molecular formula is C18H26N6O2. The van der Waals surface area contributed by atoms with Gasteiger partial charge in [-0.25, -0.2) is 9.80 Å². The van der Waals surface area contributed by atoms with Gasteiger partial charge in [0.2, 0.25) is 5.95 Å². The minimum absolute atomic E-state index is 0.253. The van der Waals surface area contributed by atoms with Crippen LogP contribution in [-0.4, -0.2) is 30.9 Å². The van der Waals surface area contributed by atoms with E-state index >= 15 is 0 Å². The van der Waals surface area contributed by atoms with Crippen LogP contribution in [0.5, 0.6) is 0 Å². The van der Waals surface area contributed by atoms with Gasteiger partial charge in [0.15, 0.2) is 11.2 Å². The van der Waals surface area contributed by atoms with Crippen LogP contribution >= 0.6 is 0 Å². The molecule has 3 rings (SSSR count). The molecule has 0 fully saturated rings. The number of anilines is 1. The van der Waals surface area contributed by atoms with Crippen molar-refractivity contribution in [3.05, 3.63) is 33.0 Å². The Balaban J connectivity index is 2.22. The molecule has 0 unspecified atom stereocenters. The molecular weight excluding hydrogens is 332 g/mol. The largest absolute Gasteiger partial charge is 0.332 e. The molecule has 0 bridgehead atoms. The first kappa shape index (κ1) is 18.2. The average molecular weight is 358 g/mol. The Morgan fingerprint density at radius 3 is 2.65 bits per heavy atom. The SMILES string of the molecule is C/C=C\Cn1c(=O)c2c(nc3n2CC(C)=NN3CCC(C)C)n(C)c1=O. The molecule has 0 radical (unpaired) electrons. The number of aromatic nitrogens is 4. The summed E-state index contributed by atoms with van der Waals surface area (Å²) in [6.45, 7) is 9.60. The van der Waals surface area contributed by atoms with Gasteiger partial charge in [-0.2, -0.15) is 10.1 Å². The van der Waals surface area contributed by atoms with Crippen molar-refractivity contribution in [2.75, 3.05) is 11.6 Å². The number of hydrogen-bond acceptors (Lipinski definition) is 5. The topological polar surface area (TPSA) is 77.4 Å². The third kappa shape index (κ3) is 3.00. The first-order valence-electron chi connectivity index (χ1n) is 8.98. The molecule has 0 atom stereocenters. The predicted molar refractivity (Wildman–Crippen MR) is 104 cm³/mol. The standard InChI is InChI=1S/C18H26N6O2/c1-6-7-9-22-16(25)14-15(21(5)18(22)26)19-17-23(14)11-13(4)20-24(17)10-8-12(2)3/h6-7,12H,8-11H2,1-5H3/b7-6-. The monoisotopic (exact) mass is 358 g/mol. The van der Waals surface area contributed by atoms with E-state index in [2.05, 4.69) is 23.9 Å². The molecule has 0 aromatic carbocycles. The van der Waals surface area contributed by atoms with Gasteiger partial charge in [-0.05, 0) is 26.2 Å². The van der Waals surface area contributed by atoms with E-state index in [4.69, 9.17) is 0 Å². The molecule has 140 valence electrons. The fraction of sp³-hybridized carbons (Fsp3) is 0.556. The summed E-state index contributed by atoms with van der Waals surface area (Å²) < 4.78 is 4.57. The van der Waals surface area contributed by atoms with Crippen molar-refractivity contribution in [2.45, 2.75) is 47.2 Å². The van der Waals surface area contributed by atoms with Crippen LogP contribution in [0.1, 0.15) is 34.1 Å². The van der Waals surface area contributed by atoms with Crippen molar-refractivity contribution in [1.29, 1.82) is 0 Å². The van der Waals surface area contributed by atoms with Crippen molar-refractivity contribution >= 4 is 22.8 Å². The van der Waals surface area contributed by atoms with Gasteiger partial charge in [0, 0.05) is 20.1 Å². The van der Waals surface area contributed by atoms with Crippen LogP contribution in [0.3, 0.4) is 0 Å². The van der Waals surface area contributed by atoms with E-state index in [0.717, 1.165) is 18.7 Å². The van der Waals surface area contributed by atoms with Gasteiger partial charge >= 0.3 is 5.69 Å². The number of imidazole rings is 1. The zero-order valence-electron chi connectivity index (χ0n) is 16.1. The Bertz CT molecular complexity index is 1010. The predicted octanol–water partition coefficient (Wildman–Crippen LogP) is 1.71. The molecule has 1 aliphatic heterocycles. The van der Waals surface area contributed by atoms with Gasteiger partial charge in [-0.3, -0.25) is 18.5 Å². The molecule has 2 aromatic heterocycles. The van der Waals surface area contributed by atoms with Gasteiger partial charge in [0.05, 0.1) is 12.3 Å². The second kappa shape index (κ2) is 6.93. The van der Waals surface area contributed by atoms with E-state index < -0.39 is 0 Å².